The van der Waals surface area contributed by atoms with Gasteiger partial charge >= 0.3 is 0 Å². The van der Waals surface area contributed by atoms with Gasteiger partial charge in [0.1, 0.15) is 5.75 Å². The zero-order valence-corrected chi connectivity index (χ0v) is 15.4. The summed E-state index contributed by atoms with van der Waals surface area (Å²) in [6.45, 7) is 12.7. The molecule has 4 nitrogen and oxygen atoms in total. The number of Topliss-reactive ketones (excluding diaryl/α,β-unsaturated/α-hetero) is 1. The van der Waals surface area contributed by atoms with Crippen LogP contribution >= 0.6 is 0 Å². The van der Waals surface area contributed by atoms with Crippen molar-refractivity contribution >= 4 is 11.5 Å². The average molecular weight is 320 g/mol. The number of hydrogen-bond donors (Lipinski definition) is 1. The van der Waals surface area contributed by atoms with Crippen LogP contribution in [-0.4, -0.2) is 36.9 Å². The van der Waals surface area contributed by atoms with Crippen LogP contribution in [0, 0.1) is 11.8 Å². The van der Waals surface area contributed by atoms with E-state index in [1.54, 1.807) is 19.2 Å². The Balaban J connectivity index is 3.04. The van der Waals surface area contributed by atoms with Crippen molar-refractivity contribution in [2.45, 2.75) is 47.1 Å². The van der Waals surface area contributed by atoms with Crippen LogP contribution in [0.3, 0.4) is 0 Å². The molecule has 0 aromatic heterocycles. The van der Waals surface area contributed by atoms with Crippen LogP contribution in [0.15, 0.2) is 18.2 Å². The van der Waals surface area contributed by atoms with Crippen LogP contribution in [0.2, 0.25) is 0 Å². The number of nitrogens with two attached hydrogens (primary N) is 1. The van der Waals surface area contributed by atoms with Gasteiger partial charge in [-0.05, 0) is 36.5 Å². The highest BCUT2D eigenvalue weighted by molar-refractivity contribution is 6.01. The molecule has 23 heavy (non-hydrogen) atoms. The van der Waals surface area contributed by atoms with Crippen LogP contribution in [0.5, 0.6) is 5.75 Å². The zero-order chi connectivity index (χ0) is 17.6. The minimum Gasteiger partial charge on any atom is -0.495 e. The molecule has 0 aliphatic heterocycles. The summed E-state index contributed by atoms with van der Waals surface area (Å²) in [6.07, 6.45) is 0.796. The van der Waals surface area contributed by atoms with E-state index in [1.165, 1.54) is 0 Å². The van der Waals surface area contributed by atoms with Crippen LogP contribution in [0.25, 0.3) is 0 Å². The second-order valence-corrected chi connectivity index (χ2v) is 6.99. The first-order chi connectivity index (χ1) is 10.8. The first kappa shape index (κ1) is 19.5. The number of carbonyl (C=O) groups excluding carboxylic acids is 1. The molecule has 0 aliphatic carbocycles. The number of anilines is 1. The van der Waals surface area contributed by atoms with Crippen molar-refractivity contribution in [3.63, 3.8) is 0 Å². The number of benzene rings is 1. The van der Waals surface area contributed by atoms with Gasteiger partial charge in [0.2, 0.25) is 0 Å². The van der Waals surface area contributed by atoms with Gasteiger partial charge in [-0.1, -0.05) is 34.6 Å². The Hall–Kier alpha value is -1.55. The summed E-state index contributed by atoms with van der Waals surface area (Å²) in [5.41, 5.74) is 7.12. The maximum atomic E-state index is 13.0. The molecule has 0 saturated heterocycles. The largest absolute Gasteiger partial charge is 0.495 e. The number of ketones is 1. The topological polar surface area (TPSA) is 55.6 Å². The number of hydrogen-bond acceptors (Lipinski definition) is 4. The molecular formula is C19H32N2O2. The molecular weight excluding hydrogens is 288 g/mol. The Bertz CT molecular complexity index is 502. The zero-order valence-electron chi connectivity index (χ0n) is 15.4. The number of ether oxygens (including phenoxy) is 1. The summed E-state index contributed by atoms with van der Waals surface area (Å²) in [7, 11) is 1.58. The van der Waals surface area contributed by atoms with Gasteiger partial charge in [0, 0.05) is 18.7 Å². The Morgan fingerprint density at radius 1 is 1.17 bits per heavy atom. The predicted molar refractivity (Wildman–Crippen MR) is 97.1 cm³/mol. The number of carbonyl (C=O) groups is 1. The molecule has 0 aliphatic rings. The van der Waals surface area contributed by atoms with Crippen molar-refractivity contribution < 1.29 is 9.53 Å². The number of rotatable bonds is 9. The second-order valence-electron chi connectivity index (χ2n) is 6.99. The van der Waals surface area contributed by atoms with Gasteiger partial charge < -0.3 is 10.5 Å². The SMILES string of the molecule is CCC(C(=O)c1ccc(OC)c(N)c1)N(CC(C)C)CC(C)C. The number of methoxy groups -OCH3 is 1. The second kappa shape index (κ2) is 8.92. The van der Waals surface area contributed by atoms with Crippen molar-refractivity contribution in [2.24, 2.45) is 11.8 Å². The predicted octanol–water partition coefficient (Wildman–Crippen LogP) is 3.85. The van der Waals surface area contributed by atoms with Crippen LogP contribution in [0.4, 0.5) is 5.69 Å². The lowest BCUT2D eigenvalue weighted by Gasteiger charge is -2.33. The molecule has 1 atom stereocenters. The Kier molecular flexibility index (Phi) is 7.56. The molecule has 4 heteroatoms. The van der Waals surface area contributed by atoms with Gasteiger partial charge in [0.05, 0.1) is 18.8 Å². The van der Waals surface area contributed by atoms with Gasteiger partial charge in [-0.3, -0.25) is 9.69 Å². The fourth-order valence-corrected chi connectivity index (χ4v) is 2.96. The van der Waals surface area contributed by atoms with Gasteiger partial charge in [-0.25, -0.2) is 0 Å². The molecule has 1 aromatic carbocycles. The smallest absolute Gasteiger partial charge is 0.180 e. The molecule has 0 fully saturated rings. The van der Waals surface area contributed by atoms with E-state index in [4.69, 9.17) is 10.5 Å². The molecule has 0 heterocycles. The fraction of sp³-hybridized carbons (Fsp3) is 0.632. The first-order valence-electron chi connectivity index (χ1n) is 8.51. The van der Waals surface area contributed by atoms with E-state index >= 15 is 0 Å². The molecule has 2 N–H and O–H groups in total. The van der Waals surface area contributed by atoms with Gasteiger partial charge in [0.15, 0.2) is 5.78 Å². The summed E-state index contributed by atoms with van der Waals surface area (Å²) in [4.78, 5) is 15.3. The quantitative estimate of drug-likeness (QED) is 0.554. The van der Waals surface area contributed by atoms with Gasteiger partial charge in [0.25, 0.3) is 0 Å². The standard InChI is InChI=1S/C19H32N2O2/c1-7-17(21(11-13(2)3)12-14(4)5)19(22)15-8-9-18(23-6)16(20)10-15/h8-10,13-14,17H,7,11-12,20H2,1-6H3. The average Bonchev–Trinajstić information content (AvgIpc) is 2.46. The summed E-state index contributed by atoms with van der Waals surface area (Å²) in [5.74, 6) is 1.80. The van der Waals surface area contributed by atoms with E-state index in [0.717, 1.165) is 19.5 Å². The maximum Gasteiger partial charge on any atom is 0.180 e. The van der Waals surface area contributed by atoms with E-state index in [-0.39, 0.29) is 11.8 Å². The van der Waals surface area contributed by atoms with E-state index in [1.807, 2.05) is 6.07 Å². The highest BCUT2D eigenvalue weighted by Gasteiger charge is 2.26. The lowest BCUT2D eigenvalue weighted by Crippen LogP contribution is -2.44. The van der Waals surface area contributed by atoms with Crippen molar-refractivity contribution in [1.29, 1.82) is 0 Å². The van der Waals surface area contributed by atoms with E-state index < -0.39 is 0 Å². The van der Waals surface area contributed by atoms with Crippen molar-refractivity contribution in [2.75, 3.05) is 25.9 Å². The Morgan fingerprint density at radius 2 is 1.74 bits per heavy atom. The van der Waals surface area contributed by atoms with Crippen LogP contribution in [-0.2, 0) is 0 Å². The van der Waals surface area contributed by atoms with E-state index in [2.05, 4.69) is 39.5 Å². The van der Waals surface area contributed by atoms with E-state index in [9.17, 15) is 4.79 Å². The third kappa shape index (κ3) is 5.54. The summed E-state index contributed by atoms with van der Waals surface area (Å²) in [6, 6.07) is 5.20. The summed E-state index contributed by atoms with van der Waals surface area (Å²) >= 11 is 0. The van der Waals surface area contributed by atoms with E-state index in [0.29, 0.717) is 28.8 Å². The van der Waals surface area contributed by atoms with Gasteiger partial charge in [-0.15, -0.1) is 0 Å². The van der Waals surface area contributed by atoms with Crippen molar-refractivity contribution in [1.82, 2.24) is 4.90 Å². The summed E-state index contributed by atoms with van der Waals surface area (Å²) < 4.78 is 5.17. The fourth-order valence-electron chi connectivity index (χ4n) is 2.96. The molecule has 0 saturated carbocycles. The number of nitrogens with zero attached hydrogens (tertiary/aromatic N) is 1. The summed E-state index contributed by atoms with van der Waals surface area (Å²) in [5, 5.41) is 0. The lowest BCUT2D eigenvalue weighted by molar-refractivity contribution is 0.0768. The Morgan fingerprint density at radius 3 is 2.13 bits per heavy atom. The van der Waals surface area contributed by atoms with Crippen molar-refractivity contribution in [3.05, 3.63) is 23.8 Å². The van der Waals surface area contributed by atoms with Crippen molar-refractivity contribution in [3.8, 4) is 5.75 Å². The maximum absolute atomic E-state index is 13.0. The number of nitrogen functional groups attached to an aromatic ring is 1. The molecule has 1 rings (SSSR count). The minimum absolute atomic E-state index is 0.104. The molecule has 0 radical (unpaired) electrons. The van der Waals surface area contributed by atoms with Crippen LogP contribution < -0.4 is 10.5 Å². The monoisotopic (exact) mass is 320 g/mol. The highest BCUT2D eigenvalue weighted by atomic mass is 16.5. The Labute approximate surface area is 141 Å². The normalized spacial score (nSPS) is 12.9. The third-order valence-electron chi connectivity index (χ3n) is 3.84. The lowest BCUT2D eigenvalue weighted by atomic mass is 9.98. The first-order valence-corrected chi connectivity index (χ1v) is 8.51. The molecule has 0 bridgehead atoms. The van der Waals surface area contributed by atoms with Crippen LogP contribution in [0.1, 0.15) is 51.4 Å². The third-order valence-corrected chi connectivity index (χ3v) is 3.84. The van der Waals surface area contributed by atoms with Gasteiger partial charge in [-0.2, -0.15) is 0 Å². The highest BCUT2D eigenvalue weighted by Crippen LogP contribution is 2.24. The molecule has 1 unspecified atom stereocenters. The molecule has 0 spiro atoms. The molecule has 0 amide bonds. The minimum atomic E-state index is -0.104. The molecule has 130 valence electrons. The molecule has 1 aromatic rings.